The maximum absolute atomic E-state index is 12.2. The Morgan fingerprint density at radius 3 is 2.58 bits per heavy atom. The Morgan fingerprint density at radius 1 is 1.21 bits per heavy atom. The van der Waals surface area contributed by atoms with E-state index in [1.54, 1.807) is 6.07 Å². The van der Waals surface area contributed by atoms with Gasteiger partial charge < -0.3 is 14.3 Å². The van der Waals surface area contributed by atoms with Crippen molar-refractivity contribution >= 4 is 15.9 Å². The zero-order chi connectivity index (χ0) is 17.7. The van der Waals surface area contributed by atoms with Crippen LogP contribution in [0.25, 0.3) is 0 Å². The number of aryl methyl sites for hydroxylation is 2. The molecule has 0 bridgehead atoms. The third-order valence-electron chi connectivity index (χ3n) is 3.43. The lowest BCUT2D eigenvalue weighted by molar-refractivity contribution is 0.0921. The molecule has 0 aliphatic heterocycles. The SMILES string of the molecule is CCc1noc(CC)c1CNC(=O)c1ccc(CNS(C)(=O)=O)o1. The fourth-order valence-corrected chi connectivity index (χ4v) is 2.60. The van der Waals surface area contributed by atoms with Crippen molar-refractivity contribution in [1.29, 1.82) is 0 Å². The number of aromatic nitrogens is 1. The van der Waals surface area contributed by atoms with Crippen molar-refractivity contribution in [3.05, 3.63) is 40.7 Å². The number of hydrogen-bond donors (Lipinski definition) is 2. The average Bonchev–Trinajstić information content (AvgIpc) is 3.16. The molecule has 2 N–H and O–H groups in total. The van der Waals surface area contributed by atoms with Crippen molar-refractivity contribution in [2.45, 2.75) is 39.8 Å². The first kappa shape index (κ1) is 18.2. The molecular weight excluding hydrogens is 334 g/mol. The second kappa shape index (κ2) is 7.63. The summed E-state index contributed by atoms with van der Waals surface area (Å²) in [6, 6.07) is 3.06. The van der Waals surface area contributed by atoms with E-state index in [0.29, 0.717) is 18.7 Å². The lowest BCUT2D eigenvalue weighted by Crippen LogP contribution is -2.23. The molecule has 0 saturated heterocycles. The van der Waals surface area contributed by atoms with Crippen LogP contribution < -0.4 is 10.0 Å². The zero-order valence-electron chi connectivity index (χ0n) is 13.9. The Hall–Kier alpha value is -2.13. The fourth-order valence-electron chi connectivity index (χ4n) is 2.19. The monoisotopic (exact) mass is 355 g/mol. The predicted molar refractivity (Wildman–Crippen MR) is 86.8 cm³/mol. The summed E-state index contributed by atoms with van der Waals surface area (Å²) in [6.07, 6.45) is 2.47. The van der Waals surface area contributed by atoms with Gasteiger partial charge in [-0.2, -0.15) is 0 Å². The molecule has 0 atom stereocenters. The van der Waals surface area contributed by atoms with Gasteiger partial charge in [0.05, 0.1) is 18.5 Å². The number of nitrogens with zero attached hydrogens (tertiary/aromatic N) is 1. The van der Waals surface area contributed by atoms with Gasteiger partial charge in [0.15, 0.2) is 5.76 Å². The highest BCUT2D eigenvalue weighted by Gasteiger charge is 2.16. The molecule has 9 heteroatoms. The van der Waals surface area contributed by atoms with Crippen LogP contribution in [0.3, 0.4) is 0 Å². The van der Waals surface area contributed by atoms with E-state index in [9.17, 15) is 13.2 Å². The molecule has 132 valence electrons. The number of amides is 1. The molecule has 2 aromatic rings. The average molecular weight is 355 g/mol. The third-order valence-corrected chi connectivity index (χ3v) is 4.10. The molecule has 8 nitrogen and oxygen atoms in total. The molecule has 0 aliphatic carbocycles. The van der Waals surface area contributed by atoms with Gasteiger partial charge in [0.25, 0.3) is 5.91 Å². The maximum Gasteiger partial charge on any atom is 0.287 e. The molecule has 0 aliphatic rings. The molecule has 2 heterocycles. The third kappa shape index (κ3) is 4.68. The van der Waals surface area contributed by atoms with Crippen molar-refractivity contribution in [2.75, 3.05) is 6.26 Å². The number of hydrogen-bond acceptors (Lipinski definition) is 6. The van der Waals surface area contributed by atoms with Gasteiger partial charge in [-0.15, -0.1) is 0 Å². The highest BCUT2D eigenvalue weighted by Crippen LogP contribution is 2.16. The van der Waals surface area contributed by atoms with Crippen LogP contribution in [-0.4, -0.2) is 25.7 Å². The molecule has 0 spiro atoms. The molecule has 0 radical (unpaired) electrons. The number of furan rings is 1. The highest BCUT2D eigenvalue weighted by atomic mass is 32.2. The molecule has 2 rings (SSSR count). The lowest BCUT2D eigenvalue weighted by atomic mass is 10.1. The molecule has 0 saturated carbocycles. The van der Waals surface area contributed by atoms with Crippen LogP contribution in [0.2, 0.25) is 0 Å². The molecule has 0 unspecified atom stereocenters. The second-order valence-electron chi connectivity index (χ2n) is 5.28. The van der Waals surface area contributed by atoms with Crippen LogP contribution >= 0.6 is 0 Å². The Balaban J connectivity index is 1.98. The molecule has 1 amide bonds. The van der Waals surface area contributed by atoms with Crippen LogP contribution in [0.15, 0.2) is 21.1 Å². The number of sulfonamides is 1. The van der Waals surface area contributed by atoms with Gasteiger partial charge in [-0.1, -0.05) is 19.0 Å². The number of carbonyl (C=O) groups is 1. The number of rotatable bonds is 8. The van der Waals surface area contributed by atoms with Gasteiger partial charge in [0.2, 0.25) is 10.0 Å². The highest BCUT2D eigenvalue weighted by molar-refractivity contribution is 7.88. The van der Waals surface area contributed by atoms with Crippen molar-refractivity contribution < 1.29 is 22.2 Å². The van der Waals surface area contributed by atoms with Gasteiger partial charge in [-0.25, -0.2) is 13.1 Å². The molecule has 24 heavy (non-hydrogen) atoms. The molecule has 0 fully saturated rings. The quantitative estimate of drug-likeness (QED) is 0.739. The van der Waals surface area contributed by atoms with Gasteiger partial charge >= 0.3 is 0 Å². The zero-order valence-corrected chi connectivity index (χ0v) is 14.7. The Morgan fingerprint density at radius 2 is 1.96 bits per heavy atom. The summed E-state index contributed by atoms with van der Waals surface area (Å²) in [5, 5.41) is 6.76. The summed E-state index contributed by atoms with van der Waals surface area (Å²) in [4.78, 5) is 12.2. The van der Waals surface area contributed by atoms with E-state index in [0.717, 1.165) is 29.7 Å². The van der Waals surface area contributed by atoms with Gasteiger partial charge in [-0.3, -0.25) is 4.79 Å². The summed E-state index contributed by atoms with van der Waals surface area (Å²) < 4.78 is 35.0. The van der Waals surface area contributed by atoms with Crippen molar-refractivity contribution in [3.8, 4) is 0 Å². The first-order valence-electron chi connectivity index (χ1n) is 7.61. The molecule has 2 aromatic heterocycles. The topological polar surface area (TPSA) is 114 Å². The van der Waals surface area contributed by atoms with Crippen molar-refractivity contribution in [1.82, 2.24) is 15.2 Å². The minimum Gasteiger partial charge on any atom is -0.455 e. The number of nitrogens with one attached hydrogen (secondary N) is 2. The van der Waals surface area contributed by atoms with Crippen molar-refractivity contribution in [3.63, 3.8) is 0 Å². The van der Waals surface area contributed by atoms with E-state index in [-0.39, 0.29) is 18.2 Å². The Bertz CT molecular complexity index is 785. The van der Waals surface area contributed by atoms with Gasteiger partial charge in [0, 0.05) is 18.5 Å². The van der Waals surface area contributed by atoms with Crippen LogP contribution in [0.1, 0.15) is 47.2 Å². The first-order chi connectivity index (χ1) is 11.3. The fraction of sp³-hybridized carbons (Fsp3) is 0.467. The summed E-state index contributed by atoms with van der Waals surface area (Å²) in [7, 11) is -3.32. The number of carbonyl (C=O) groups excluding carboxylic acids is 1. The summed E-state index contributed by atoms with van der Waals surface area (Å²) in [5.41, 5.74) is 1.71. The standard InChI is InChI=1S/C15H21N3O5S/c1-4-12-11(13(5-2)23-18-12)9-16-15(19)14-7-6-10(22-14)8-17-24(3,20)21/h6-7,17H,4-5,8-9H2,1-3H3,(H,16,19). The van der Waals surface area contributed by atoms with E-state index in [4.69, 9.17) is 8.94 Å². The van der Waals surface area contributed by atoms with E-state index in [1.165, 1.54) is 6.07 Å². The van der Waals surface area contributed by atoms with Crippen molar-refractivity contribution in [2.24, 2.45) is 0 Å². The molecular formula is C15H21N3O5S. The van der Waals surface area contributed by atoms with E-state index in [2.05, 4.69) is 15.2 Å². The van der Waals surface area contributed by atoms with Gasteiger partial charge in [-0.05, 0) is 18.6 Å². The Kier molecular flexibility index (Phi) is 5.79. The smallest absolute Gasteiger partial charge is 0.287 e. The van der Waals surface area contributed by atoms with Gasteiger partial charge in [0.1, 0.15) is 11.5 Å². The first-order valence-corrected chi connectivity index (χ1v) is 9.51. The predicted octanol–water partition coefficient (Wildman–Crippen LogP) is 1.37. The summed E-state index contributed by atoms with van der Waals surface area (Å²) >= 11 is 0. The summed E-state index contributed by atoms with van der Waals surface area (Å²) in [6.45, 7) is 4.22. The van der Waals surface area contributed by atoms with Crippen LogP contribution in [0.5, 0.6) is 0 Å². The maximum atomic E-state index is 12.2. The second-order valence-corrected chi connectivity index (χ2v) is 7.11. The molecule has 0 aromatic carbocycles. The van der Waals surface area contributed by atoms with Crippen LogP contribution in [0.4, 0.5) is 0 Å². The minimum absolute atomic E-state index is 0.00225. The minimum atomic E-state index is -3.32. The van der Waals surface area contributed by atoms with Crippen LogP contribution in [-0.2, 0) is 36.0 Å². The largest absolute Gasteiger partial charge is 0.455 e. The summed E-state index contributed by atoms with van der Waals surface area (Å²) in [5.74, 6) is 0.849. The Labute approximate surface area is 140 Å². The van der Waals surface area contributed by atoms with E-state index >= 15 is 0 Å². The van der Waals surface area contributed by atoms with E-state index in [1.807, 2.05) is 13.8 Å². The van der Waals surface area contributed by atoms with E-state index < -0.39 is 10.0 Å². The normalized spacial score (nSPS) is 11.6. The lowest BCUT2D eigenvalue weighted by Gasteiger charge is -2.04. The van der Waals surface area contributed by atoms with Crippen LogP contribution in [0, 0.1) is 0 Å².